The lowest BCUT2D eigenvalue weighted by atomic mass is 9.90. The predicted molar refractivity (Wildman–Crippen MR) is 374 cm³/mol. The van der Waals surface area contributed by atoms with Crippen molar-refractivity contribution in [2.24, 2.45) is 40.9 Å². The third kappa shape index (κ3) is 15.1. The summed E-state index contributed by atoms with van der Waals surface area (Å²) >= 11 is 0. The lowest BCUT2D eigenvalue weighted by molar-refractivity contribution is -0.698. The monoisotopic (exact) mass is 1280 g/mol. The molecule has 0 atom stereocenters. The SMILES string of the molecule is Nc1c(O)cc(N=Nc2cc[n+](CCCCCC[n+]3ccc(N=Nc4cc(O)c(N)c5ccccc45)cc3)cc2)c2ccccc12.Oc1c(N=Nc2cc[n+](CCCCCC[n+]3ccc(N=Nc4cc5c6c(c4O)CCCN6CCC5)cc3)cc2)cc2c3c1CCCN3CCC2. The van der Waals surface area contributed by atoms with Gasteiger partial charge in [0.2, 0.25) is 0 Å². The van der Waals surface area contributed by atoms with E-state index < -0.39 is 0 Å². The molecule has 0 unspecified atom stereocenters. The van der Waals surface area contributed by atoms with Crippen molar-refractivity contribution in [3.8, 4) is 23.0 Å². The minimum absolute atomic E-state index is 0.000779. The Balaban J connectivity index is 0.000000174. The fourth-order valence-electron chi connectivity index (χ4n) is 13.7. The minimum atomic E-state index is 0.000779. The van der Waals surface area contributed by atoms with Crippen LogP contribution in [0.25, 0.3) is 21.5 Å². The number of aromatic nitrogens is 4. The molecule has 10 aromatic rings. The van der Waals surface area contributed by atoms with E-state index in [1.165, 1.54) is 35.3 Å². The minimum Gasteiger partial charge on any atom is -0.506 e. The molecule has 4 aromatic heterocycles. The molecule has 20 heteroatoms. The van der Waals surface area contributed by atoms with E-state index in [2.05, 4.69) is 93.8 Å². The molecule has 0 bridgehead atoms. The van der Waals surface area contributed by atoms with Crippen LogP contribution in [-0.2, 0) is 51.9 Å². The lowest BCUT2D eigenvalue weighted by Crippen LogP contribution is -2.34. The van der Waals surface area contributed by atoms with E-state index in [9.17, 15) is 20.4 Å². The van der Waals surface area contributed by atoms with Crippen molar-refractivity contribution in [1.29, 1.82) is 0 Å². The zero-order chi connectivity index (χ0) is 65.7. The van der Waals surface area contributed by atoms with E-state index >= 15 is 0 Å². The van der Waals surface area contributed by atoms with Crippen LogP contribution in [0.4, 0.5) is 68.2 Å². The van der Waals surface area contributed by atoms with E-state index in [1.807, 2.05) is 134 Å². The maximum absolute atomic E-state index is 11.0. The number of pyridine rings is 4. The summed E-state index contributed by atoms with van der Waals surface area (Å²) in [6, 6.07) is 38.0. The molecule has 8 heterocycles. The Morgan fingerprint density at radius 1 is 0.333 bits per heavy atom. The van der Waals surface area contributed by atoms with E-state index in [0.717, 1.165) is 198 Å². The molecule has 14 rings (SSSR count). The van der Waals surface area contributed by atoms with Gasteiger partial charge in [0, 0.05) is 157 Å². The normalized spacial score (nSPS) is 14.3. The number of anilines is 4. The van der Waals surface area contributed by atoms with E-state index in [0.29, 0.717) is 45.6 Å². The number of hydrogen-bond acceptors (Lipinski definition) is 16. The fourth-order valence-corrected chi connectivity index (χ4v) is 13.7. The number of phenols is 4. The number of nitrogen functional groups attached to an aromatic ring is 2. The van der Waals surface area contributed by atoms with Gasteiger partial charge in [-0.15, -0.1) is 30.7 Å². The molecule has 0 fully saturated rings. The summed E-state index contributed by atoms with van der Waals surface area (Å²) in [5, 5.41) is 80.8. The molecule has 96 heavy (non-hydrogen) atoms. The topological polar surface area (TPSA) is 254 Å². The summed E-state index contributed by atoms with van der Waals surface area (Å²) in [4.78, 5) is 4.85. The number of nitrogens with two attached hydrogens (primary N) is 2. The van der Waals surface area contributed by atoms with Crippen LogP contribution >= 0.6 is 0 Å². The first-order valence-corrected chi connectivity index (χ1v) is 34.0. The van der Waals surface area contributed by atoms with Crippen molar-refractivity contribution in [2.45, 2.75) is 129 Å². The quantitative estimate of drug-likeness (QED) is 0.0125. The summed E-state index contributed by atoms with van der Waals surface area (Å²) < 4.78 is 8.70. The highest BCUT2D eigenvalue weighted by molar-refractivity contribution is 6.03. The molecule has 0 spiro atoms. The number of azo groups is 4. The Morgan fingerprint density at radius 2 is 0.625 bits per heavy atom. The van der Waals surface area contributed by atoms with Crippen LogP contribution in [0, 0.1) is 0 Å². The molecule has 6 aromatic carbocycles. The van der Waals surface area contributed by atoms with Gasteiger partial charge in [-0.25, -0.2) is 18.3 Å². The zero-order valence-corrected chi connectivity index (χ0v) is 54.3. The van der Waals surface area contributed by atoms with Gasteiger partial charge in [-0.3, -0.25) is 0 Å². The summed E-state index contributed by atoms with van der Waals surface area (Å²) in [6.45, 7) is 8.12. The van der Waals surface area contributed by atoms with Crippen LogP contribution in [0.5, 0.6) is 23.0 Å². The second-order valence-electron chi connectivity index (χ2n) is 25.4. The van der Waals surface area contributed by atoms with Gasteiger partial charge in [-0.05, 0) is 100 Å². The standard InChI is InChI=1S/C40H46N8O2.C36H34N8O2/c49-39-33-11-7-21-47-19-5-9-29(37(33)47)27-35(39)43-41-31-13-23-45(24-14-31)17-3-1-2-4-18-46-25-15-32(16-26-46)42-44-36-28-30-10-6-20-48-22-8-12-34(38(30)48)40(36)50;37-35-29-11-5-3-9-27(29)31(23-33(35)45)41-39-25-13-19-43(20-14-25)17-7-1-2-8-18-44-21-15-26(16-22-44)40-42-32-24-34(46)36(38)30-12-6-4-10-28(30)32/h13-16,23-28H,1-12,17-22H2;3-6,9-16,19-24,37-38H,1-2,7-8,17-18H2,(H2,41,42,45,46)/p+4. The van der Waals surface area contributed by atoms with Gasteiger partial charge >= 0.3 is 0 Å². The Bertz CT molecular complexity index is 4230. The number of hydrogen-bond donors (Lipinski definition) is 6. The first-order valence-electron chi connectivity index (χ1n) is 34.0. The molecular formula is C76H84N16O4+4. The van der Waals surface area contributed by atoms with E-state index in [-0.39, 0.29) is 11.5 Å². The van der Waals surface area contributed by atoms with Gasteiger partial charge in [-0.1, -0.05) is 48.5 Å². The molecule has 8 N–H and O–H groups in total. The Labute approximate surface area is 559 Å². The van der Waals surface area contributed by atoms with Gasteiger partial charge < -0.3 is 41.7 Å². The highest BCUT2D eigenvalue weighted by Crippen LogP contribution is 2.48. The van der Waals surface area contributed by atoms with E-state index in [1.54, 1.807) is 12.1 Å². The predicted octanol–water partition coefficient (Wildman–Crippen LogP) is 16.4. The molecule has 0 aliphatic carbocycles. The molecular weight excluding hydrogens is 1200 g/mol. The largest absolute Gasteiger partial charge is 0.506 e. The second kappa shape index (κ2) is 30.1. The third-order valence-electron chi connectivity index (χ3n) is 18.8. The average Bonchev–Trinajstić information content (AvgIpc) is 0.787. The van der Waals surface area contributed by atoms with Crippen LogP contribution < -0.4 is 39.5 Å². The molecule has 488 valence electrons. The van der Waals surface area contributed by atoms with Gasteiger partial charge in [-0.2, -0.15) is 10.2 Å². The van der Waals surface area contributed by atoms with Crippen molar-refractivity contribution in [3.63, 3.8) is 0 Å². The van der Waals surface area contributed by atoms with Crippen LogP contribution in [0.1, 0.15) is 99.3 Å². The number of aromatic hydroxyl groups is 4. The third-order valence-corrected chi connectivity index (χ3v) is 18.8. The van der Waals surface area contributed by atoms with Gasteiger partial charge in [0.05, 0.1) is 45.5 Å². The highest BCUT2D eigenvalue weighted by atomic mass is 16.3. The number of rotatable bonds is 22. The average molecular weight is 1290 g/mol. The number of phenolic OH excluding ortho intramolecular Hbond substituents is 4. The smallest absolute Gasteiger partial charge is 0.171 e. The zero-order valence-electron chi connectivity index (χ0n) is 54.3. The number of nitrogens with zero attached hydrogens (tertiary/aromatic N) is 14. The first-order chi connectivity index (χ1) is 47.1. The highest BCUT2D eigenvalue weighted by Gasteiger charge is 2.30. The van der Waals surface area contributed by atoms with Crippen molar-refractivity contribution >= 4 is 89.8 Å². The summed E-state index contributed by atoms with van der Waals surface area (Å²) in [5.41, 5.74) is 25.2. The van der Waals surface area contributed by atoms with Crippen molar-refractivity contribution in [2.75, 3.05) is 47.4 Å². The van der Waals surface area contributed by atoms with Crippen molar-refractivity contribution in [3.05, 3.63) is 193 Å². The van der Waals surface area contributed by atoms with Crippen molar-refractivity contribution < 1.29 is 38.7 Å². The molecule has 20 nitrogen and oxygen atoms in total. The summed E-state index contributed by atoms with van der Waals surface area (Å²) in [5.74, 6) is 0.596. The maximum atomic E-state index is 11.0. The Morgan fingerprint density at radius 3 is 0.948 bits per heavy atom. The Kier molecular flexibility index (Phi) is 20.1. The van der Waals surface area contributed by atoms with Gasteiger partial charge in [0.15, 0.2) is 49.6 Å². The van der Waals surface area contributed by atoms with Gasteiger partial charge in [0.25, 0.3) is 0 Å². The molecule has 4 aliphatic rings. The molecule has 0 saturated carbocycles. The number of benzene rings is 6. The molecule has 0 amide bonds. The number of unbranched alkanes of at least 4 members (excludes halogenated alkanes) is 6. The fraction of sp³-hybridized carbons (Fsp3) is 0.316. The first kappa shape index (κ1) is 64.0. The van der Waals surface area contributed by atoms with Crippen LogP contribution in [0.3, 0.4) is 0 Å². The van der Waals surface area contributed by atoms with Crippen molar-refractivity contribution in [1.82, 2.24) is 0 Å². The lowest BCUT2D eigenvalue weighted by Gasteiger charge is -2.37. The van der Waals surface area contributed by atoms with E-state index in [4.69, 9.17) is 11.5 Å². The second-order valence-corrected chi connectivity index (χ2v) is 25.4. The van der Waals surface area contributed by atoms with Crippen LogP contribution in [0.2, 0.25) is 0 Å². The molecule has 0 radical (unpaired) electrons. The summed E-state index contributed by atoms with van der Waals surface area (Å²) in [6.07, 6.45) is 33.7. The van der Waals surface area contributed by atoms with Crippen LogP contribution in [0.15, 0.2) is 212 Å². The number of aryl methyl sites for hydroxylation is 6. The maximum Gasteiger partial charge on any atom is 0.171 e. The summed E-state index contributed by atoms with van der Waals surface area (Å²) in [7, 11) is 0. The Hall–Kier alpha value is -10.8. The molecule has 4 aliphatic heterocycles. The molecule has 0 saturated heterocycles. The number of fused-ring (bicyclic) bond motifs is 2. The van der Waals surface area contributed by atoms with Gasteiger partial charge in [0.1, 0.15) is 60.6 Å². The van der Waals surface area contributed by atoms with Crippen LogP contribution in [-0.4, -0.2) is 46.6 Å².